The minimum Gasteiger partial charge on any atom is -0.391 e. The maximum absolute atomic E-state index is 13.1. The molecule has 8 atom stereocenters. The molecule has 4 N–H and O–H groups in total. The number of aliphatic hydroxyl groups excluding tert-OH is 1. The van der Waals surface area contributed by atoms with Gasteiger partial charge in [0.15, 0.2) is 11.6 Å². The molecule has 3 saturated carbocycles. The number of phosphoric acid groups is 1. The number of Topliss-reactive ketones (excluding diaryl/α,β-unsaturated/α-hetero) is 1. The zero-order valence-corrected chi connectivity index (χ0v) is 20.0. The van der Waals surface area contributed by atoms with E-state index in [-0.39, 0.29) is 24.0 Å². The van der Waals surface area contributed by atoms with Gasteiger partial charge >= 0.3 is 7.82 Å². The smallest absolute Gasteiger partial charge is 0.391 e. The fraction of sp³-hybridized carbons (Fsp3) is 0.727. The number of rotatable bonds is 4. The predicted molar refractivity (Wildman–Crippen MR) is 116 cm³/mol. The minimum atomic E-state index is -4.89. The van der Waals surface area contributed by atoms with Crippen molar-refractivity contribution in [2.75, 3.05) is 6.61 Å². The number of allylic oxidation sites excluding steroid dienone is 4. The van der Waals surface area contributed by atoms with Crippen molar-refractivity contribution in [2.24, 2.45) is 28.6 Å². The van der Waals surface area contributed by atoms with Gasteiger partial charge in [-0.25, -0.2) is 4.57 Å². The van der Waals surface area contributed by atoms with Crippen LogP contribution in [0, 0.1) is 28.6 Å². The van der Waals surface area contributed by atoms with Gasteiger partial charge in [-0.05, 0) is 55.6 Å². The van der Waals surface area contributed by atoms with Crippen LogP contribution >= 0.6 is 19.4 Å². The van der Waals surface area contributed by atoms with Crippen LogP contribution in [0.4, 0.5) is 0 Å². The van der Waals surface area contributed by atoms with E-state index in [0.29, 0.717) is 19.3 Å². The Balaban J connectivity index is 1.74. The second-order valence-electron chi connectivity index (χ2n) is 10.4. The summed E-state index contributed by atoms with van der Waals surface area (Å²) in [4.78, 5) is 41.9. The van der Waals surface area contributed by atoms with E-state index in [4.69, 9.17) is 21.4 Å². The number of hydrogen-bond donors (Lipinski definition) is 4. The normalized spacial score (nSPS) is 48.0. The molecule has 0 aromatic heterocycles. The lowest BCUT2D eigenvalue weighted by atomic mass is 9.45. The lowest BCUT2D eigenvalue weighted by Gasteiger charge is -2.63. The number of phosphoric ester groups is 1. The molecule has 4 aliphatic rings. The molecule has 0 spiro atoms. The zero-order valence-electron chi connectivity index (χ0n) is 18.3. The highest BCUT2D eigenvalue weighted by atomic mass is 35.5. The van der Waals surface area contributed by atoms with Gasteiger partial charge in [0, 0.05) is 10.8 Å². The molecule has 8 nitrogen and oxygen atoms in total. The summed E-state index contributed by atoms with van der Waals surface area (Å²) < 4.78 is 15.5. The fourth-order valence-electron chi connectivity index (χ4n) is 7.39. The highest BCUT2D eigenvalue weighted by Gasteiger charge is 2.74. The van der Waals surface area contributed by atoms with Crippen LogP contribution in [-0.4, -0.2) is 54.8 Å². The lowest BCUT2D eigenvalue weighted by Crippen LogP contribution is -2.69. The highest BCUT2D eigenvalue weighted by molar-refractivity contribution is 7.46. The maximum Gasteiger partial charge on any atom is 0.470 e. The van der Waals surface area contributed by atoms with Crippen LogP contribution in [0.3, 0.4) is 0 Å². The number of ketones is 2. The quantitative estimate of drug-likeness (QED) is 0.349. The van der Waals surface area contributed by atoms with E-state index in [1.807, 2.05) is 6.92 Å². The number of carbonyl (C=O) groups excluding carboxylic acids is 2. The fourth-order valence-corrected chi connectivity index (χ4v) is 8.20. The molecule has 178 valence electrons. The van der Waals surface area contributed by atoms with Crippen molar-refractivity contribution < 1.29 is 38.7 Å². The van der Waals surface area contributed by atoms with Crippen molar-refractivity contribution in [3.8, 4) is 0 Å². The number of hydrogen-bond acceptors (Lipinski definition) is 6. The maximum atomic E-state index is 13.1. The van der Waals surface area contributed by atoms with E-state index in [0.717, 1.165) is 5.57 Å². The molecule has 4 aliphatic carbocycles. The summed E-state index contributed by atoms with van der Waals surface area (Å²) in [6, 6.07) is 0. The second kappa shape index (κ2) is 7.32. The van der Waals surface area contributed by atoms with Crippen molar-refractivity contribution >= 4 is 31.0 Å². The van der Waals surface area contributed by atoms with Crippen molar-refractivity contribution in [3.63, 3.8) is 0 Å². The molecule has 32 heavy (non-hydrogen) atoms. The van der Waals surface area contributed by atoms with Crippen molar-refractivity contribution in [3.05, 3.63) is 23.8 Å². The molecule has 0 aromatic rings. The molecular formula is C22H30ClO8P. The van der Waals surface area contributed by atoms with Crippen LogP contribution in [0.25, 0.3) is 0 Å². The Morgan fingerprint density at radius 3 is 2.59 bits per heavy atom. The predicted octanol–water partition coefficient (Wildman–Crippen LogP) is 2.28. The number of aliphatic hydroxyl groups is 2. The molecule has 3 fully saturated rings. The van der Waals surface area contributed by atoms with E-state index in [1.165, 1.54) is 6.08 Å². The van der Waals surface area contributed by atoms with Crippen molar-refractivity contribution in [1.82, 2.24) is 0 Å². The second-order valence-corrected chi connectivity index (χ2v) is 12.2. The molecule has 0 radical (unpaired) electrons. The topological polar surface area (TPSA) is 141 Å². The first kappa shape index (κ1) is 24.3. The summed E-state index contributed by atoms with van der Waals surface area (Å²) in [5.74, 6) is -1.90. The number of carbonyl (C=O) groups is 2. The van der Waals surface area contributed by atoms with Gasteiger partial charge in [0.2, 0.25) is 0 Å². The average Bonchev–Trinajstić information content (AvgIpc) is 2.89. The monoisotopic (exact) mass is 488 g/mol. The van der Waals surface area contributed by atoms with Crippen molar-refractivity contribution in [1.29, 1.82) is 0 Å². The van der Waals surface area contributed by atoms with Crippen LogP contribution in [0.5, 0.6) is 0 Å². The third-order valence-electron chi connectivity index (χ3n) is 9.01. The Morgan fingerprint density at radius 1 is 1.31 bits per heavy atom. The Bertz CT molecular complexity index is 973. The Kier molecular flexibility index (Phi) is 5.55. The van der Waals surface area contributed by atoms with E-state index in [2.05, 4.69) is 4.52 Å². The Hall–Kier alpha value is -0.860. The minimum absolute atomic E-state index is 0.0326. The summed E-state index contributed by atoms with van der Waals surface area (Å²) in [5.41, 5.74) is -2.85. The first-order valence-electron chi connectivity index (χ1n) is 10.9. The van der Waals surface area contributed by atoms with Crippen LogP contribution in [0.15, 0.2) is 23.8 Å². The molecule has 0 aromatic carbocycles. The standard InChI is InChI=1S/C22H30ClO8P/c1-12-8-16-15-5-4-13-9-14(24)6-7-19(13,2)21(15,23)17(25)10-20(16,3)22(12,27)18(26)11-31-32(28,29)30/h6-7,9,12,15-17,25,27H,4-5,8,10-11H2,1-3H3,(H2,28,29,30)/t12-,15-,16-,17-,19-,20-,21-,22-/m0/s1. The number of alkyl halides is 1. The van der Waals surface area contributed by atoms with Gasteiger partial charge in [-0.2, -0.15) is 0 Å². The Labute approximate surface area is 191 Å². The first-order valence-corrected chi connectivity index (χ1v) is 12.8. The van der Waals surface area contributed by atoms with Gasteiger partial charge in [-0.1, -0.05) is 32.4 Å². The molecule has 0 amide bonds. The van der Waals surface area contributed by atoms with Gasteiger partial charge in [-0.15, -0.1) is 11.6 Å². The molecule has 0 saturated heterocycles. The van der Waals surface area contributed by atoms with E-state index in [9.17, 15) is 24.4 Å². The number of fused-ring (bicyclic) bond motifs is 5. The van der Waals surface area contributed by atoms with Gasteiger partial charge in [0.1, 0.15) is 12.2 Å². The van der Waals surface area contributed by atoms with Crippen LogP contribution in [0.2, 0.25) is 0 Å². The van der Waals surface area contributed by atoms with E-state index in [1.54, 1.807) is 26.0 Å². The largest absolute Gasteiger partial charge is 0.470 e. The van der Waals surface area contributed by atoms with Gasteiger partial charge in [0.05, 0.1) is 11.0 Å². The molecule has 10 heteroatoms. The zero-order chi connectivity index (χ0) is 23.9. The van der Waals surface area contributed by atoms with Crippen LogP contribution < -0.4 is 0 Å². The van der Waals surface area contributed by atoms with Gasteiger partial charge in [0.25, 0.3) is 0 Å². The summed E-state index contributed by atoms with van der Waals surface area (Å²) in [6.07, 6.45) is 5.48. The van der Waals surface area contributed by atoms with Crippen LogP contribution in [-0.2, 0) is 18.7 Å². The third-order valence-corrected chi connectivity index (χ3v) is 10.4. The molecular weight excluding hydrogens is 459 g/mol. The summed E-state index contributed by atoms with van der Waals surface area (Å²) in [7, 11) is -4.89. The summed E-state index contributed by atoms with van der Waals surface area (Å²) in [6.45, 7) is 4.49. The SMILES string of the molecule is C[C@H]1C[C@H]2[C@@H]3CCC4=CC(=O)C=C[C@]4(C)[C@@]3(Cl)[C@@H](O)C[C@]2(C)[C@@]1(O)C(=O)COP(=O)(O)O. The first-order chi connectivity index (χ1) is 14.6. The van der Waals surface area contributed by atoms with Crippen molar-refractivity contribution in [2.45, 2.75) is 63.0 Å². The van der Waals surface area contributed by atoms with Gasteiger partial charge < -0.3 is 20.0 Å². The summed E-state index contributed by atoms with van der Waals surface area (Å²) >= 11 is 7.31. The summed E-state index contributed by atoms with van der Waals surface area (Å²) in [5, 5.41) is 23.1. The molecule has 0 bridgehead atoms. The van der Waals surface area contributed by atoms with Crippen LogP contribution in [0.1, 0.15) is 46.5 Å². The molecule has 4 rings (SSSR count). The third kappa shape index (κ3) is 3.04. The lowest BCUT2D eigenvalue weighted by molar-refractivity contribution is -0.179. The average molecular weight is 489 g/mol. The number of halogens is 1. The van der Waals surface area contributed by atoms with E-state index < -0.39 is 53.5 Å². The molecule has 0 aliphatic heterocycles. The highest BCUT2D eigenvalue weighted by Crippen LogP contribution is 2.71. The molecule has 0 unspecified atom stereocenters. The molecule has 0 heterocycles. The Morgan fingerprint density at radius 2 is 1.97 bits per heavy atom. The van der Waals surface area contributed by atoms with Gasteiger partial charge in [-0.3, -0.25) is 14.1 Å². The van der Waals surface area contributed by atoms with E-state index >= 15 is 0 Å².